The Morgan fingerprint density at radius 1 is 1.13 bits per heavy atom. The molecule has 0 saturated carbocycles. The zero-order valence-corrected chi connectivity index (χ0v) is 21.8. The van der Waals surface area contributed by atoms with Crippen molar-refractivity contribution in [2.75, 3.05) is 26.6 Å². The molecule has 38 heavy (non-hydrogen) atoms. The van der Waals surface area contributed by atoms with Crippen LogP contribution in [0.5, 0.6) is 23.0 Å². The van der Waals surface area contributed by atoms with Crippen molar-refractivity contribution in [2.24, 2.45) is 5.10 Å². The Hall–Kier alpha value is -4.58. The summed E-state index contributed by atoms with van der Waals surface area (Å²) in [5, 5.41) is 23.2. The molecule has 0 radical (unpaired) electrons. The van der Waals surface area contributed by atoms with Gasteiger partial charge >= 0.3 is 0 Å². The van der Waals surface area contributed by atoms with Crippen LogP contribution >= 0.6 is 11.8 Å². The van der Waals surface area contributed by atoms with Crippen LogP contribution < -0.4 is 19.6 Å². The largest absolute Gasteiger partial charge is 0.502 e. The minimum atomic E-state index is -0.340. The lowest BCUT2D eigenvalue weighted by Gasteiger charge is -2.11. The number of hydrogen-bond donors (Lipinski definition) is 2. The predicted octanol–water partition coefficient (Wildman–Crippen LogP) is 3.69. The summed E-state index contributed by atoms with van der Waals surface area (Å²) in [5.74, 6) is 1.39. The number of hydrazone groups is 1. The number of thioether (sulfide) groups is 1. The van der Waals surface area contributed by atoms with Crippen LogP contribution in [0.4, 0.5) is 0 Å². The molecule has 1 amide bonds. The minimum absolute atomic E-state index is 0.0434. The van der Waals surface area contributed by atoms with Gasteiger partial charge < -0.3 is 19.3 Å². The third-order valence-corrected chi connectivity index (χ3v) is 6.13. The van der Waals surface area contributed by atoms with Gasteiger partial charge in [-0.05, 0) is 55.5 Å². The van der Waals surface area contributed by atoms with Crippen molar-refractivity contribution in [3.05, 3.63) is 66.5 Å². The van der Waals surface area contributed by atoms with E-state index >= 15 is 0 Å². The molecule has 0 aliphatic carbocycles. The molecule has 196 valence electrons. The number of phenols is 1. The Labute approximate surface area is 223 Å². The number of carbonyl (C=O) groups is 1. The molecule has 0 aliphatic rings. The molecule has 11 nitrogen and oxygen atoms in total. The Kier molecular flexibility index (Phi) is 8.77. The molecule has 4 aromatic rings. The number of aromatic nitrogens is 4. The Morgan fingerprint density at radius 2 is 1.87 bits per heavy atom. The summed E-state index contributed by atoms with van der Waals surface area (Å²) in [5.41, 5.74) is 4.66. The van der Waals surface area contributed by atoms with Gasteiger partial charge in [-0.15, -0.1) is 10.2 Å². The first kappa shape index (κ1) is 26.5. The van der Waals surface area contributed by atoms with E-state index in [-0.39, 0.29) is 28.9 Å². The van der Waals surface area contributed by atoms with Crippen LogP contribution in [0, 0.1) is 0 Å². The molecular weight excluding hydrogens is 508 g/mol. The zero-order chi connectivity index (χ0) is 26.9. The average Bonchev–Trinajstić information content (AvgIpc) is 3.37. The van der Waals surface area contributed by atoms with Crippen LogP contribution in [-0.4, -0.2) is 63.6 Å². The first-order valence-electron chi connectivity index (χ1n) is 11.5. The summed E-state index contributed by atoms with van der Waals surface area (Å²) in [4.78, 5) is 16.7. The summed E-state index contributed by atoms with van der Waals surface area (Å²) in [7, 11) is 2.86. The molecule has 4 rings (SSSR count). The number of nitrogens with one attached hydrogen (secondary N) is 1. The molecule has 2 aromatic heterocycles. The topological polar surface area (TPSA) is 133 Å². The molecule has 0 saturated heterocycles. The van der Waals surface area contributed by atoms with Gasteiger partial charge in [-0.3, -0.25) is 14.3 Å². The number of benzene rings is 2. The molecule has 0 spiro atoms. The first-order valence-corrected chi connectivity index (χ1v) is 12.5. The van der Waals surface area contributed by atoms with E-state index in [4.69, 9.17) is 14.2 Å². The maximum Gasteiger partial charge on any atom is 0.250 e. The van der Waals surface area contributed by atoms with Gasteiger partial charge in [0, 0.05) is 29.2 Å². The van der Waals surface area contributed by atoms with E-state index in [1.54, 1.807) is 24.5 Å². The summed E-state index contributed by atoms with van der Waals surface area (Å²) in [6, 6.07) is 14.4. The highest BCUT2D eigenvalue weighted by atomic mass is 32.2. The lowest BCUT2D eigenvalue weighted by molar-refractivity contribution is -0.118. The molecule has 0 fully saturated rings. The highest BCUT2D eigenvalue weighted by Crippen LogP contribution is 2.36. The summed E-state index contributed by atoms with van der Waals surface area (Å²) >= 11 is 1.22. The number of hydrogen-bond acceptors (Lipinski definition) is 10. The molecular formula is C26H26N6O5S. The van der Waals surface area contributed by atoms with Gasteiger partial charge in [-0.1, -0.05) is 11.8 Å². The Morgan fingerprint density at radius 3 is 2.50 bits per heavy atom. The van der Waals surface area contributed by atoms with Crippen LogP contribution in [0.25, 0.3) is 17.1 Å². The van der Waals surface area contributed by atoms with Crippen molar-refractivity contribution in [1.29, 1.82) is 0 Å². The van der Waals surface area contributed by atoms with Crippen molar-refractivity contribution >= 4 is 23.9 Å². The fourth-order valence-electron chi connectivity index (χ4n) is 3.47. The first-order chi connectivity index (χ1) is 18.5. The molecule has 2 aromatic carbocycles. The quantitative estimate of drug-likeness (QED) is 0.168. The maximum atomic E-state index is 12.5. The second kappa shape index (κ2) is 12.6. The van der Waals surface area contributed by atoms with Crippen molar-refractivity contribution in [3.63, 3.8) is 0 Å². The predicted molar refractivity (Wildman–Crippen MR) is 143 cm³/mol. The smallest absolute Gasteiger partial charge is 0.250 e. The van der Waals surface area contributed by atoms with Gasteiger partial charge in [0.1, 0.15) is 5.75 Å². The lowest BCUT2D eigenvalue weighted by atomic mass is 10.2. The molecule has 0 atom stereocenters. The monoisotopic (exact) mass is 534 g/mol. The molecule has 0 bridgehead atoms. The van der Waals surface area contributed by atoms with Crippen LogP contribution in [-0.2, 0) is 4.79 Å². The second-order valence-corrected chi connectivity index (χ2v) is 8.61. The number of rotatable bonds is 11. The van der Waals surface area contributed by atoms with Gasteiger partial charge in [0.05, 0.1) is 32.8 Å². The fraction of sp³-hybridized carbons (Fsp3) is 0.192. The van der Waals surface area contributed by atoms with E-state index in [9.17, 15) is 9.90 Å². The van der Waals surface area contributed by atoms with Crippen molar-refractivity contribution in [1.82, 2.24) is 25.2 Å². The molecule has 12 heteroatoms. The normalized spacial score (nSPS) is 10.9. The van der Waals surface area contributed by atoms with Crippen LogP contribution in [0.15, 0.2) is 71.2 Å². The van der Waals surface area contributed by atoms with Crippen molar-refractivity contribution in [2.45, 2.75) is 12.1 Å². The molecule has 2 heterocycles. The van der Waals surface area contributed by atoms with E-state index in [1.165, 1.54) is 32.2 Å². The SMILES string of the molecule is CCOc1ccc(-n2c(SCC(=O)NN=Cc3cc(OC)c(O)c(OC)c3)nnc2-c2cccnc2)cc1. The number of methoxy groups -OCH3 is 2. The highest BCUT2D eigenvalue weighted by molar-refractivity contribution is 7.99. The zero-order valence-electron chi connectivity index (χ0n) is 21.0. The third-order valence-electron chi connectivity index (χ3n) is 5.20. The maximum absolute atomic E-state index is 12.5. The van der Waals surface area contributed by atoms with E-state index < -0.39 is 0 Å². The van der Waals surface area contributed by atoms with Crippen LogP contribution in [0.3, 0.4) is 0 Å². The lowest BCUT2D eigenvalue weighted by Crippen LogP contribution is -2.20. The number of nitrogens with zero attached hydrogens (tertiary/aromatic N) is 5. The molecule has 0 unspecified atom stereocenters. The highest BCUT2D eigenvalue weighted by Gasteiger charge is 2.18. The van der Waals surface area contributed by atoms with Crippen LogP contribution in [0.2, 0.25) is 0 Å². The van der Waals surface area contributed by atoms with Crippen molar-refractivity contribution < 1.29 is 24.1 Å². The Balaban J connectivity index is 1.49. The number of aromatic hydroxyl groups is 1. The summed E-state index contributed by atoms with van der Waals surface area (Å²) in [6.45, 7) is 2.50. The number of carbonyl (C=O) groups excluding carboxylic acids is 1. The number of pyridine rings is 1. The second-order valence-electron chi connectivity index (χ2n) is 7.67. The van der Waals surface area contributed by atoms with E-state index in [1.807, 2.05) is 47.9 Å². The van der Waals surface area contributed by atoms with Gasteiger partial charge in [0.25, 0.3) is 5.91 Å². The third kappa shape index (κ3) is 6.21. The fourth-order valence-corrected chi connectivity index (χ4v) is 4.21. The van der Waals surface area contributed by atoms with E-state index in [2.05, 4.69) is 25.7 Å². The van der Waals surface area contributed by atoms with Crippen LogP contribution in [0.1, 0.15) is 12.5 Å². The van der Waals surface area contributed by atoms with E-state index in [0.717, 1.165) is 17.0 Å². The Bertz CT molecular complexity index is 1380. The summed E-state index contributed by atoms with van der Waals surface area (Å²) < 4.78 is 17.7. The van der Waals surface area contributed by atoms with Crippen molar-refractivity contribution in [3.8, 4) is 40.1 Å². The average molecular weight is 535 g/mol. The minimum Gasteiger partial charge on any atom is -0.502 e. The van der Waals surface area contributed by atoms with Gasteiger partial charge in [-0.25, -0.2) is 5.43 Å². The molecule has 2 N–H and O–H groups in total. The van der Waals surface area contributed by atoms with E-state index in [0.29, 0.717) is 23.2 Å². The van der Waals surface area contributed by atoms with Gasteiger partial charge in [0.2, 0.25) is 5.75 Å². The standard InChI is InChI=1S/C26H26N6O5S/c1-4-37-20-9-7-19(8-10-20)32-25(18-6-5-11-27-15-18)30-31-26(32)38-16-23(33)29-28-14-17-12-21(35-2)24(34)22(13-17)36-3/h5-15,34H,4,16H2,1-3H3,(H,29,33). The number of amides is 1. The van der Waals surface area contributed by atoms with Gasteiger partial charge in [0.15, 0.2) is 22.5 Å². The number of phenolic OH excluding ortho intramolecular Hbond substituents is 1. The number of ether oxygens (including phenoxy) is 3. The summed E-state index contributed by atoms with van der Waals surface area (Å²) in [6.07, 6.45) is 4.82. The van der Waals surface area contributed by atoms with Gasteiger partial charge in [-0.2, -0.15) is 5.10 Å². The molecule has 0 aliphatic heterocycles.